The Bertz CT molecular complexity index is 579. The maximum absolute atomic E-state index is 12.2. The minimum absolute atomic E-state index is 0.0931. The highest BCUT2D eigenvalue weighted by atomic mass is 16.5. The molecule has 2 N–H and O–H groups in total. The van der Waals surface area contributed by atoms with Crippen molar-refractivity contribution in [3.05, 3.63) is 29.3 Å². The minimum atomic E-state index is -0.224. The molecule has 1 saturated carbocycles. The summed E-state index contributed by atoms with van der Waals surface area (Å²) in [6.07, 6.45) is 3.49. The van der Waals surface area contributed by atoms with Gasteiger partial charge < -0.3 is 15.2 Å². The van der Waals surface area contributed by atoms with E-state index in [4.69, 9.17) is 9.84 Å². The maximum Gasteiger partial charge on any atom is 0.251 e. The van der Waals surface area contributed by atoms with Crippen molar-refractivity contribution in [2.75, 3.05) is 20.3 Å². The van der Waals surface area contributed by atoms with Crippen molar-refractivity contribution in [3.8, 4) is 17.6 Å². The topological polar surface area (TPSA) is 58.6 Å². The molecule has 0 heterocycles. The first kappa shape index (κ1) is 15.4. The quantitative estimate of drug-likeness (QED) is 0.814. The number of ether oxygens (including phenoxy) is 1. The molecule has 1 amide bonds. The van der Waals surface area contributed by atoms with Gasteiger partial charge in [0.1, 0.15) is 12.4 Å². The molecule has 0 saturated heterocycles. The average Bonchev–Trinajstić information content (AvgIpc) is 3.31. The zero-order valence-corrected chi connectivity index (χ0v) is 12.5. The average molecular weight is 287 g/mol. The summed E-state index contributed by atoms with van der Waals surface area (Å²) in [4.78, 5) is 12.2. The lowest BCUT2D eigenvalue weighted by atomic mass is 10.0. The molecule has 0 atom stereocenters. The van der Waals surface area contributed by atoms with Crippen molar-refractivity contribution in [1.29, 1.82) is 0 Å². The number of benzene rings is 1. The standard InChI is InChI=1S/C17H21NO3/c1-3-17(8-9-17)12-18-16(20)14-6-7-15(21-2)13(11-14)5-4-10-19/h6-7,11,19H,3,8-10,12H2,1-2H3,(H,18,20). The van der Waals surface area contributed by atoms with E-state index in [1.54, 1.807) is 25.3 Å². The lowest BCUT2D eigenvalue weighted by molar-refractivity contribution is 0.0944. The van der Waals surface area contributed by atoms with Crippen LogP contribution in [-0.4, -0.2) is 31.3 Å². The molecule has 0 spiro atoms. The van der Waals surface area contributed by atoms with Gasteiger partial charge in [0.2, 0.25) is 0 Å². The predicted molar refractivity (Wildman–Crippen MR) is 81.2 cm³/mol. The fourth-order valence-electron chi connectivity index (χ4n) is 2.28. The van der Waals surface area contributed by atoms with Crippen LogP contribution in [-0.2, 0) is 0 Å². The summed E-state index contributed by atoms with van der Waals surface area (Å²) < 4.78 is 5.20. The van der Waals surface area contributed by atoms with Crippen LogP contribution in [0.1, 0.15) is 42.1 Å². The molecule has 4 heteroatoms. The van der Waals surface area contributed by atoms with Crippen molar-refractivity contribution in [3.63, 3.8) is 0 Å². The number of hydrogen-bond donors (Lipinski definition) is 2. The molecule has 2 rings (SSSR count). The molecule has 1 fully saturated rings. The summed E-state index contributed by atoms with van der Waals surface area (Å²) in [5.41, 5.74) is 1.49. The number of methoxy groups -OCH3 is 1. The molecular weight excluding hydrogens is 266 g/mol. The summed E-state index contributed by atoms with van der Waals surface area (Å²) in [5, 5.41) is 11.8. The smallest absolute Gasteiger partial charge is 0.251 e. The largest absolute Gasteiger partial charge is 0.495 e. The Morgan fingerprint density at radius 2 is 2.24 bits per heavy atom. The van der Waals surface area contributed by atoms with Crippen LogP contribution in [0.3, 0.4) is 0 Å². The third-order valence-electron chi connectivity index (χ3n) is 4.09. The Labute approximate surface area is 125 Å². The first-order valence-electron chi connectivity index (χ1n) is 7.20. The van der Waals surface area contributed by atoms with Gasteiger partial charge in [-0.25, -0.2) is 0 Å². The fourth-order valence-corrected chi connectivity index (χ4v) is 2.28. The van der Waals surface area contributed by atoms with Crippen LogP contribution >= 0.6 is 0 Å². The Kier molecular flexibility index (Phi) is 4.87. The van der Waals surface area contributed by atoms with E-state index in [0.29, 0.717) is 22.3 Å². The second kappa shape index (κ2) is 6.64. The van der Waals surface area contributed by atoms with Crippen LogP contribution in [0, 0.1) is 17.3 Å². The Morgan fingerprint density at radius 3 is 2.81 bits per heavy atom. The van der Waals surface area contributed by atoms with Gasteiger partial charge in [0.25, 0.3) is 5.91 Å². The Morgan fingerprint density at radius 1 is 1.48 bits per heavy atom. The second-order valence-corrected chi connectivity index (χ2v) is 5.41. The molecule has 0 unspecified atom stereocenters. The molecule has 1 aromatic carbocycles. The van der Waals surface area contributed by atoms with Crippen LogP contribution in [0.5, 0.6) is 5.75 Å². The van der Waals surface area contributed by atoms with E-state index in [9.17, 15) is 4.79 Å². The van der Waals surface area contributed by atoms with Crippen LogP contribution in [0.15, 0.2) is 18.2 Å². The van der Waals surface area contributed by atoms with E-state index < -0.39 is 0 Å². The molecule has 112 valence electrons. The molecular formula is C17H21NO3. The summed E-state index contributed by atoms with van der Waals surface area (Å²) in [6.45, 7) is 2.67. The van der Waals surface area contributed by atoms with E-state index in [1.807, 2.05) is 0 Å². The zero-order chi connectivity index (χ0) is 15.3. The number of nitrogens with one attached hydrogen (secondary N) is 1. The van der Waals surface area contributed by atoms with Gasteiger partial charge in [-0.2, -0.15) is 0 Å². The molecule has 4 nitrogen and oxygen atoms in total. The highest BCUT2D eigenvalue weighted by Gasteiger charge is 2.40. The number of aliphatic hydroxyl groups excluding tert-OH is 1. The highest BCUT2D eigenvalue weighted by molar-refractivity contribution is 5.94. The van der Waals surface area contributed by atoms with Crippen LogP contribution in [0.25, 0.3) is 0 Å². The first-order valence-corrected chi connectivity index (χ1v) is 7.20. The molecule has 1 aromatic rings. The second-order valence-electron chi connectivity index (χ2n) is 5.41. The summed E-state index contributed by atoms with van der Waals surface area (Å²) in [7, 11) is 1.55. The SMILES string of the molecule is CCC1(CNC(=O)c2ccc(OC)c(C#CCO)c2)CC1. The van der Waals surface area contributed by atoms with Gasteiger partial charge in [0.15, 0.2) is 0 Å². The molecule has 0 bridgehead atoms. The first-order chi connectivity index (χ1) is 10.1. The van der Waals surface area contributed by atoms with Gasteiger partial charge in [-0.15, -0.1) is 0 Å². The number of carbonyl (C=O) groups is 1. The molecule has 1 aliphatic rings. The number of aliphatic hydroxyl groups is 1. The normalized spacial score (nSPS) is 14.8. The molecule has 0 aliphatic heterocycles. The number of amides is 1. The van der Waals surface area contributed by atoms with Crippen molar-refractivity contribution in [2.24, 2.45) is 5.41 Å². The monoisotopic (exact) mass is 287 g/mol. The van der Waals surface area contributed by atoms with Crippen LogP contribution < -0.4 is 10.1 Å². The highest BCUT2D eigenvalue weighted by Crippen LogP contribution is 2.47. The van der Waals surface area contributed by atoms with Crippen LogP contribution in [0.4, 0.5) is 0 Å². The Balaban J connectivity index is 2.10. The van der Waals surface area contributed by atoms with Gasteiger partial charge in [0.05, 0.1) is 12.7 Å². The van der Waals surface area contributed by atoms with E-state index in [-0.39, 0.29) is 12.5 Å². The van der Waals surface area contributed by atoms with Gasteiger partial charge in [-0.3, -0.25) is 4.79 Å². The maximum atomic E-state index is 12.2. The van der Waals surface area contributed by atoms with Gasteiger partial charge in [-0.1, -0.05) is 18.8 Å². The van der Waals surface area contributed by atoms with E-state index in [0.717, 1.165) is 13.0 Å². The summed E-state index contributed by atoms with van der Waals surface area (Å²) >= 11 is 0. The minimum Gasteiger partial charge on any atom is -0.495 e. The summed E-state index contributed by atoms with van der Waals surface area (Å²) in [6, 6.07) is 5.15. The third kappa shape index (κ3) is 3.77. The number of rotatable bonds is 5. The zero-order valence-electron chi connectivity index (χ0n) is 12.5. The molecule has 0 aromatic heterocycles. The van der Waals surface area contributed by atoms with E-state index in [1.165, 1.54) is 12.8 Å². The third-order valence-corrected chi connectivity index (χ3v) is 4.09. The van der Waals surface area contributed by atoms with E-state index >= 15 is 0 Å². The Hall–Kier alpha value is -1.99. The molecule has 0 radical (unpaired) electrons. The lowest BCUT2D eigenvalue weighted by Gasteiger charge is -2.14. The molecule has 21 heavy (non-hydrogen) atoms. The van der Waals surface area contributed by atoms with Crippen LogP contribution in [0.2, 0.25) is 0 Å². The predicted octanol–water partition coefficient (Wildman–Crippen LogP) is 1.96. The van der Waals surface area contributed by atoms with E-state index in [2.05, 4.69) is 24.1 Å². The fraction of sp³-hybridized carbons (Fsp3) is 0.471. The van der Waals surface area contributed by atoms with Gasteiger partial charge in [-0.05, 0) is 42.9 Å². The number of carbonyl (C=O) groups excluding carboxylic acids is 1. The number of hydrogen-bond acceptors (Lipinski definition) is 3. The van der Waals surface area contributed by atoms with Crippen molar-refractivity contribution in [2.45, 2.75) is 26.2 Å². The van der Waals surface area contributed by atoms with Crippen molar-refractivity contribution < 1.29 is 14.6 Å². The van der Waals surface area contributed by atoms with Crippen molar-refractivity contribution >= 4 is 5.91 Å². The van der Waals surface area contributed by atoms with Gasteiger partial charge >= 0.3 is 0 Å². The van der Waals surface area contributed by atoms with Gasteiger partial charge in [0, 0.05) is 12.1 Å². The summed E-state index contributed by atoms with van der Waals surface area (Å²) in [5.74, 6) is 5.88. The molecule has 1 aliphatic carbocycles. The lowest BCUT2D eigenvalue weighted by Crippen LogP contribution is -2.30. The van der Waals surface area contributed by atoms with Crippen molar-refractivity contribution in [1.82, 2.24) is 5.32 Å².